The molecule has 1 heterocycles. The zero-order valence-electron chi connectivity index (χ0n) is 11.8. The van der Waals surface area contributed by atoms with E-state index in [4.69, 9.17) is 5.73 Å². The molecule has 0 bridgehead atoms. The molecule has 0 aliphatic rings. The molecule has 0 radical (unpaired) electrons. The molecule has 3 rings (SSSR count). The first kappa shape index (κ1) is 13.5. The van der Waals surface area contributed by atoms with Crippen LogP contribution in [0.4, 0.5) is 0 Å². The Morgan fingerprint density at radius 1 is 1.10 bits per heavy atom. The topological polar surface area (TPSA) is 69.6 Å². The van der Waals surface area contributed by atoms with Crippen molar-refractivity contribution in [2.75, 3.05) is 0 Å². The van der Waals surface area contributed by atoms with E-state index in [-0.39, 0.29) is 6.04 Å². The Morgan fingerprint density at radius 3 is 2.67 bits per heavy atom. The van der Waals surface area contributed by atoms with Gasteiger partial charge in [-0.05, 0) is 36.3 Å². The van der Waals surface area contributed by atoms with Gasteiger partial charge in [0.2, 0.25) is 5.82 Å². The zero-order chi connectivity index (χ0) is 14.7. The maximum atomic E-state index is 5.84. The van der Waals surface area contributed by atoms with Crippen LogP contribution in [0.5, 0.6) is 0 Å². The van der Waals surface area contributed by atoms with Gasteiger partial charge in [0.25, 0.3) is 0 Å². The summed E-state index contributed by atoms with van der Waals surface area (Å²) in [7, 11) is 0. The average Bonchev–Trinajstić information content (AvgIpc) is 2.98. The summed E-state index contributed by atoms with van der Waals surface area (Å²) in [5, 5.41) is 12.7. The van der Waals surface area contributed by atoms with Gasteiger partial charge in [-0.25, -0.2) is 0 Å². The van der Waals surface area contributed by atoms with Gasteiger partial charge in [0.1, 0.15) is 0 Å². The molecule has 3 aromatic rings. The predicted octanol–water partition coefficient (Wildman–Crippen LogP) is 2.22. The molecule has 1 aromatic heterocycles. The second-order valence-electron chi connectivity index (χ2n) is 5.12. The molecule has 0 amide bonds. The van der Waals surface area contributed by atoms with Crippen LogP contribution in [0.1, 0.15) is 12.5 Å². The third-order valence-corrected chi connectivity index (χ3v) is 3.14. The molecule has 0 aliphatic heterocycles. The fourth-order valence-corrected chi connectivity index (χ4v) is 2.21. The summed E-state index contributed by atoms with van der Waals surface area (Å²) in [5.74, 6) is 0.619. The molecule has 5 nitrogen and oxygen atoms in total. The first-order valence-electron chi connectivity index (χ1n) is 6.93. The summed E-state index contributed by atoms with van der Waals surface area (Å²) in [4.78, 5) is 1.55. The molecule has 106 valence electrons. The summed E-state index contributed by atoms with van der Waals surface area (Å²) in [6, 6.07) is 18.0. The van der Waals surface area contributed by atoms with Gasteiger partial charge in [-0.15, -0.1) is 15.0 Å². The van der Waals surface area contributed by atoms with E-state index < -0.39 is 0 Å². The molecule has 0 aliphatic carbocycles. The fraction of sp³-hybridized carbons (Fsp3) is 0.188. The normalized spacial score (nSPS) is 12.3. The minimum atomic E-state index is 0.129. The van der Waals surface area contributed by atoms with Gasteiger partial charge in [0.15, 0.2) is 0 Å². The second-order valence-corrected chi connectivity index (χ2v) is 5.12. The number of nitrogens with zero attached hydrogens (tertiary/aromatic N) is 4. The van der Waals surface area contributed by atoms with Gasteiger partial charge in [0, 0.05) is 11.6 Å². The highest BCUT2D eigenvalue weighted by molar-refractivity contribution is 5.53. The van der Waals surface area contributed by atoms with Gasteiger partial charge in [-0.3, -0.25) is 0 Å². The molecule has 0 saturated carbocycles. The lowest BCUT2D eigenvalue weighted by atomic mass is 10.1. The molecule has 1 atom stereocenters. The summed E-state index contributed by atoms with van der Waals surface area (Å²) in [5.41, 5.74) is 8.86. The highest BCUT2D eigenvalue weighted by atomic mass is 15.6. The number of hydrogen-bond acceptors (Lipinski definition) is 4. The van der Waals surface area contributed by atoms with Gasteiger partial charge in [-0.1, -0.05) is 42.5 Å². The lowest BCUT2D eigenvalue weighted by Crippen LogP contribution is -2.17. The van der Waals surface area contributed by atoms with E-state index in [1.165, 1.54) is 5.56 Å². The average molecular weight is 279 g/mol. The van der Waals surface area contributed by atoms with Crippen molar-refractivity contribution in [3.05, 3.63) is 60.2 Å². The van der Waals surface area contributed by atoms with E-state index in [2.05, 4.69) is 21.5 Å². The number of nitrogens with two attached hydrogens (primary N) is 1. The van der Waals surface area contributed by atoms with Crippen LogP contribution in [-0.4, -0.2) is 26.2 Å². The molecule has 21 heavy (non-hydrogen) atoms. The summed E-state index contributed by atoms with van der Waals surface area (Å²) < 4.78 is 0. The molecule has 5 heteroatoms. The van der Waals surface area contributed by atoms with Crippen molar-refractivity contribution in [1.29, 1.82) is 0 Å². The second kappa shape index (κ2) is 5.85. The van der Waals surface area contributed by atoms with Crippen LogP contribution in [0.3, 0.4) is 0 Å². The van der Waals surface area contributed by atoms with Crippen LogP contribution in [0.25, 0.3) is 17.1 Å². The quantitative estimate of drug-likeness (QED) is 0.795. The SMILES string of the molecule is CC(N)Cc1cccc(-n2nnc(-c3ccccc3)n2)c1. The van der Waals surface area contributed by atoms with Crippen molar-refractivity contribution in [2.24, 2.45) is 5.73 Å². The molecule has 2 N–H and O–H groups in total. The number of tetrazole rings is 1. The third kappa shape index (κ3) is 3.14. The van der Waals surface area contributed by atoms with Gasteiger partial charge < -0.3 is 5.73 Å². The molecule has 0 fully saturated rings. The van der Waals surface area contributed by atoms with E-state index in [1.807, 2.05) is 55.5 Å². The van der Waals surface area contributed by atoms with Crippen LogP contribution in [0.15, 0.2) is 54.6 Å². The lowest BCUT2D eigenvalue weighted by molar-refractivity contribution is 0.711. The highest BCUT2D eigenvalue weighted by Gasteiger charge is 2.07. The van der Waals surface area contributed by atoms with Crippen LogP contribution in [0.2, 0.25) is 0 Å². The van der Waals surface area contributed by atoms with Crippen molar-refractivity contribution in [3.8, 4) is 17.1 Å². The Morgan fingerprint density at radius 2 is 1.90 bits per heavy atom. The Balaban J connectivity index is 1.90. The maximum Gasteiger partial charge on any atom is 0.205 e. The van der Waals surface area contributed by atoms with Crippen LogP contribution in [-0.2, 0) is 6.42 Å². The molecule has 0 saturated heterocycles. The van der Waals surface area contributed by atoms with Gasteiger partial charge >= 0.3 is 0 Å². The standard InChI is InChI=1S/C16H17N5/c1-12(17)10-13-6-5-9-15(11-13)21-19-16(18-20-21)14-7-3-2-4-8-14/h2-9,11-12H,10,17H2,1H3. The number of aromatic nitrogens is 4. The van der Waals surface area contributed by atoms with Crippen molar-refractivity contribution >= 4 is 0 Å². The number of rotatable bonds is 4. The number of benzene rings is 2. The van der Waals surface area contributed by atoms with Crippen LogP contribution in [0, 0.1) is 0 Å². The van der Waals surface area contributed by atoms with Crippen LogP contribution >= 0.6 is 0 Å². The van der Waals surface area contributed by atoms with Crippen LogP contribution < -0.4 is 5.73 Å². The van der Waals surface area contributed by atoms with E-state index in [0.717, 1.165) is 17.7 Å². The van der Waals surface area contributed by atoms with Crippen molar-refractivity contribution in [1.82, 2.24) is 20.2 Å². The molecule has 0 spiro atoms. The monoisotopic (exact) mass is 279 g/mol. The number of hydrogen-bond donors (Lipinski definition) is 1. The Hall–Kier alpha value is -2.53. The predicted molar refractivity (Wildman–Crippen MR) is 81.9 cm³/mol. The zero-order valence-corrected chi connectivity index (χ0v) is 11.8. The van der Waals surface area contributed by atoms with Crippen molar-refractivity contribution < 1.29 is 0 Å². The van der Waals surface area contributed by atoms with E-state index in [9.17, 15) is 0 Å². The van der Waals surface area contributed by atoms with Gasteiger partial charge in [-0.2, -0.15) is 0 Å². The Bertz CT molecular complexity index is 718. The maximum absolute atomic E-state index is 5.84. The smallest absolute Gasteiger partial charge is 0.205 e. The Kier molecular flexibility index (Phi) is 3.75. The van der Waals surface area contributed by atoms with Gasteiger partial charge in [0.05, 0.1) is 5.69 Å². The highest BCUT2D eigenvalue weighted by Crippen LogP contribution is 2.15. The first-order chi connectivity index (χ1) is 10.2. The molecule has 2 aromatic carbocycles. The summed E-state index contributed by atoms with van der Waals surface area (Å²) in [6.45, 7) is 1.99. The minimum Gasteiger partial charge on any atom is -0.328 e. The third-order valence-electron chi connectivity index (χ3n) is 3.14. The first-order valence-corrected chi connectivity index (χ1v) is 6.93. The molecular formula is C16H17N5. The van der Waals surface area contributed by atoms with E-state index >= 15 is 0 Å². The van der Waals surface area contributed by atoms with E-state index in [1.54, 1.807) is 4.80 Å². The largest absolute Gasteiger partial charge is 0.328 e. The summed E-state index contributed by atoms with van der Waals surface area (Å²) >= 11 is 0. The van der Waals surface area contributed by atoms with E-state index in [0.29, 0.717) is 5.82 Å². The Labute approximate surface area is 123 Å². The fourth-order valence-electron chi connectivity index (χ4n) is 2.21. The summed E-state index contributed by atoms with van der Waals surface area (Å²) in [6.07, 6.45) is 0.827. The van der Waals surface area contributed by atoms with Crippen molar-refractivity contribution in [2.45, 2.75) is 19.4 Å². The lowest BCUT2D eigenvalue weighted by Gasteiger charge is -2.06. The molecular weight excluding hydrogens is 262 g/mol. The minimum absolute atomic E-state index is 0.129. The van der Waals surface area contributed by atoms with Crippen molar-refractivity contribution in [3.63, 3.8) is 0 Å². The molecule has 1 unspecified atom stereocenters.